The molecule has 0 saturated carbocycles. The summed E-state index contributed by atoms with van der Waals surface area (Å²) in [5.74, 6) is -0.249. The van der Waals surface area contributed by atoms with Crippen LogP contribution < -0.4 is 16.8 Å². The van der Waals surface area contributed by atoms with Crippen LogP contribution in [-0.2, 0) is 6.54 Å². The van der Waals surface area contributed by atoms with Crippen molar-refractivity contribution in [3.8, 4) is 0 Å². The number of anilines is 2. The van der Waals surface area contributed by atoms with E-state index in [0.29, 0.717) is 23.1 Å². The molecule has 2 aromatic rings. The summed E-state index contributed by atoms with van der Waals surface area (Å²) in [5.41, 5.74) is 13.1. The fourth-order valence-corrected chi connectivity index (χ4v) is 1.90. The summed E-state index contributed by atoms with van der Waals surface area (Å²) in [5, 5.41) is 4.75. The van der Waals surface area contributed by atoms with Crippen molar-refractivity contribution >= 4 is 28.1 Å². The molecular formula is C11H12N4OS. The summed E-state index contributed by atoms with van der Waals surface area (Å²) in [7, 11) is 0. The average molecular weight is 248 g/mol. The van der Waals surface area contributed by atoms with Crippen molar-refractivity contribution in [3.05, 3.63) is 40.9 Å². The van der Waals surface area contributed by atoms with E-state index in [1.165, 1.54) is 11.3 Å². The van der Waals surface area contributed by atoms with E-state index >= 15 is 0 Å². The Hall–Kier alpha value is -2.08. The molecule has 0 aliphatic carbocycles. The lowest BCUT2D eigenvalue weighted by molar-refractivity contribution is 0.0947. The lowest BCUT2D eigenvalue weighted by Crippen LogP contribution is -2.23. The number of carbonyl (C=O) groups excluding carboxylic acids is 1. The number of thiazole rings is 1. The van der Waals surface area contributed by atoms with Crippen molar-refractivity contribution in [3.63, 3.8) is 0 Å². The van der Waals surface area contributed by atoms with E-state index in [-0.39, 0.29) is 5.91 Å². The molecule has 0 unspecified atom stereocenters. The summed E-state index contributed by atoms with van der Waals surface area (Å²) in [6.45, 7) is 0.378. The molecule has 0 saturated heterocycles. The smallest absolute Gasteiger partial charge is 0.271 e. The first kappa shape index (κ1) is 11.4. The van der Waals surface area contributed by atoms with E-state index in [1.807, 2.05) is 18.2 Å². The lowest BCUT2D eigenvalue weighted by atomic mass is 10.2. The lowest BCUT2D eigenvalue weighted by Gasteiger charge is -2.06. The zero-order valence-corrected chi connectivity index (χ0v) is 9.83. The minimum atomic E-state index is -0.249. The third-order valence-electron chi connectivity index (χ3n) is 2.25. The van der Waals surface area contributed by atoms with Crippen LogP contribution in [-0.4, -0.2) is 10.9 Å². The Morgan fingerprint density at radius 3 is 2.76 bits per heavy atom. The molecule has 0 atom stereocenters. The van der Waals surface area contributed by atoms with Crippen molar-refractivity contribution in [2.75, 3.05) is 11.5 Å². The van der Waals surface area contributed by atoms with E-state index < -0.39 is 0 Å². The molecule has 88 valence electrons. The van der Waals surface area contributed by atoms with Crippen LogP contribution in [0, 0.1) is 0 Å². The number of aromatic nitrogens is 1. The molecule has 17 heavy (non-hydrogen) atoms. The summed E-state index contributed by atoms with van der Waals surface area (Å²) in [4.78, 5) is 15.6. The molecule has 0 bridgehead atoms. The average Bonchev–Trinajstić information content (AvgIpc) is 2.74. The zero-order valence-electron chi connectivity index (χ0n) is 9.01. The number of carbonyl (C=O) groups is 1. The second kappa shape index (κ2) is 4.84. The Morgan fingerprint density at radius 1 is 1.35 bits per heavy atom. The minimum Gasteiger partial charge on any atom is -0.398 e. The number of nitrogens with zero attached hydrogens (tertiary/aromatic N) is 1. The molecule has 1 aromatic carbocycles. The second-order valence-corrected chi connectivity index (χ2v) is 4.34. The fourth-order valence-electron chi connectivity index (χ4n) is 1.35. The van der Waals surface area contributed by atoms with Crippen LogP contribution in [0.1, 0.15) is 16.1 Å². The number of nitrogens with two attached hydrogens (primary N) is 2. The van der Waals surface area contributed by atoms with E-state index in [1.54, 1.807) is 11.4 Å². The standard InChI is InChI=1S/C11H12N4OS/c12-8-4-2-1-3-7(8)5-14-10(16)9-6-17-11(13)15-9/h1-4,6H,5,12H2,(H2,13,15)(H,14,16). The summed E-state index contributed by atoms with van der Waals surface area (Å²) < 4.78 is 0. The molecule has 5 nitrogen and oxygen atoms in total. The topological polar surface area (TPSA) is 94.0 Å². The molecular weight excluding hydrogens is 236 g/mol. The molecule has 0 spiro atoms. The van der Waals surface area contributed by atoms with Gasteiger partial charge in [-0.25, -0.2) is 4.98 Å². The number of para-hydroxylation sites is 1. The number of nitrogens with one attached hydrogen (secondary N) is 1. The van der Waals surface area contributed by atoms with Crippen molar-refractivity contribution in [1.82, 2.24) is 10.3 Å². The maximum Gasteiger partial charge on any atom is 0.271 e. The van der Waals surface area contributed by atoms with Gasteiger partial charge < -0.3 is 16.8 Å². The highest BCUT2D eigenvalue weighted by Gasteiger charge is 2.09. The molecule has 1 heterocycles. The molecule has 0 aliphatic heterocycles. The third-order valence-corrected chi connectivity index (χ3v) is 2.92. The summed E-state index contributed by atoms with van der Waals surface area (Å²) in [6.07, 6.45) is 0. The van der Waals surface area contributed by atoms with Crippen LogP contribution >= 0.6 is 11.3 Å². The fraction of sp³-hybridized carbons (Fsp3) is 0.0909. The van der Waals surface area contributed by atoms with Crippen LogP contribution in [0.3, 0.4) is 0 Å². The van der Waals surface area contributed by atoms with Gasteiger partial charge in [0.25, 0.3) is 5.91 Å². The van der Waals surface area contributed by atoms with Gasteiger partial charge in [0.2, 0.25) is 0 Å². The maximum atomic E-state index is 11.7. The van der Waals surface area contributed by atoms with Crippen LogP contribution in [0.4, 0.5) is 10.8 Å². The second-order valence-electron chi connectivity index (χ2n) is 3.45. The Bertz CT molecular complexity index is 538. The van der Waals surface area contributed by atoms with Gasteiger partial charge in [-0.3, -0.25) is 4.79 Å². The largest absolute Gasteiger partial charge is 0.398 e. The van der Waals surface area contributed by atoms with Crippen molar-refractivity contribution in [2.24, 2.45) is 0 Å². The van der Waals surface area contributed by atoms with Crippen molar-refractivity contribution in [1.29, 1.82) is 0 Å². The highest BCUT2D eigenvalue weighted by Crippen LogP contribution is 2.12. The summed E-state index contributed by atoms with van der Waals surface area (Å²) in [6, 6.07) is 7.38. The first-order chi connectivity index (χ1) is 8.16. The van der Waals surface area contributed by atoms with Gasteiger partial charge in [0, 0.05) is 17.6 Å². The monoisotopic (exact) mass is 248 g/mol. The van der Waals surface area contributed by atoms with Crippen LogP contribution in [0.25, 0.3) is 0 Å². The normalized spacial score (nSPS) is 10.1. The van der Waals surface area contributed by atoms with E-state index in [2.05, 4.69) is 10.3 Å². The van der Waals surface area contributed by atoms with Gasteiger partial charge in [-0.1, -0.05) is 18.2 Å². The zero-order chi connectivity index (χ0) is 12.3. The van der Waals surface area contributed by atoms with Crippen molar-refractivity contribution < 1.29 is 4.79 Å². The number of benzene rings is 1. The Morgan fingerprint density at radius 2 is 2.12 bits per heavy atom. The molecule has 6 heteroatoms. The molecule has 2 rings (SSSR count). The number of nitrogen functional groups attached to an aromatic ring is 2. The van der Waals surface area contributed by atoms with Gasteiger partial charge in [-0.15, -0.1) is 11.3 Å². The minimum absolute atomic E-state index is 0.249. The van der Waals surface area contributed by atoms with Gasteiger partial charge in [0.15, 0.2) is 5.13 Å². The Kier molecular flexibility index (Phi) is 3.24. The van der Waals surface area contributed by atoms with Crippen LogP contribution in [0.5, 0.6) is 0 Å². The quantitative estimate of drug-likeness (QED) is 0.712. The van der Waals surface area contributed by atoms with Gasteiger partial charge in [0.05, 0.1) is 0 Å². The van der Waals surface area contributed by atoms with E-state index in [4.69, 9.17) is 11.5 Å². The molecule has 5 N–H and O–H groups in total. The predicted molar refractivity (Wildman–Crippen MR) is 68.6 cm³/mol. The van der Waals surface area contributed by atoms with Gasteiger partial charge in [-0.2, -0.15) is 0 Å². The number of hydrogen-bond acceptors (Lipinski definition) is 5. The molecule has 0 radical (unpaired) electrons. The number of hydrogen-bond donors (Lipinski definition) is 3. The highest BCUT2D eigenvalue weighted by atomic mass is 32.1. The Labute approximate surface area is 102 Å². The van der Waals surface area contributed by atoms with Gasteiger partial charge >= 0.3 is 0 Å². The summed E-state index contributed by atoms with van der Waals surface area (Å²) >= 11 is 1.24. The highest BCUT2D eigenvalue weighted by molar-refractivity contribution is 7.13. The number of rotatable bonds is 3. The van der Waals surface area contributed by atoms with E-state index in [0.717, 1.165) is 5.56 Å². The SMILES string of the molecule is Nc1nc(C(=O)NCc2ccccc2N)cs1. The predicted octanol–water partition coefficient (Wildman–Crippen LogP) is 1.24. The maximum absolute atomic E-state index is 11.7. The van der Waals surface area contributed by atoms with Gasteiger partial charge in [0.1, 0.15) is 5.69 Å². The number of amides is 1. The Balaban J connectivity index is 1.99. The molecule has 1 aromatic heterocycles. The van der Waals surface area contributed by atoms with Crippen molar-refractivity contribution in [2.45, 2.75) is 6.54 Å². The third kappa shape index (κ3) is 2.73. The van der Waals surface area contributed by atoms with E-state index in [9.17, 15) is 4.79 Å². The molecule has 0 aliphatic rings. The van der Waals surface area contributed by atoms with Gasteiger partial charge in [-0.05, 0) is 11.6 Å². The molecule has 0 fully saturated rings. The van der Waals surface area contributed by atoms with Crippen LogP contribution in [0.15, 0.2) is 29.6 Å². The molecule has 1 amide bonds. The van der Waals surface area contributed by atoms with Crippen LogP contribution in [0.2, 0.25) is 0 Å². The first-order valence-electron chi connectivity index (χ1n) is 4.99. The first-order valence-corrected chi connectivity index (χ1v) is 5.87.